The first-order valence-corrected chi connectivity index (χ1v) is 8.30. The van der Waals surface area contributed by atoms with E-state index in [0.717, 1.165) is 56.5 Å². The van der Waals surface area contributed by atoms with E-state index in [1.165, 1.54) is 13.0 Å². The predicted molar refractivity (Wildman–Crippen MR) is 87.6 cm³/mol. The van der Waals surface area contributed by atoms with Gasteiger partial charge in [0.05, 0.1) is 53.2 Å². The van der Waals surface area contributed by atoms with Gasteiger partial charge in [0.15, 0.2) is 11.5 Å². The standard InChI is InChI=1S/C17H28N2O4/c1-20-15-12-17(22-3)16(21-2)11-14(15)13-18-5-4-6-19-7-9-23-10-8-19/h11-12,18H,4-10,13H2,1-3H3/p+2. The van der Waals surface area contributed by atoms with Gasteiger partial charge < -0.3 is 29.2 Å². The number of ether oxygens (including phenoxy) is 4. The second-order valence-electron chi connectivity index (χ2n) is 5.77. The van der Waals surface area contributed by atoms with Gasteiger partial charge in [0.1, 0.15) is 25.4 Å². The molecular formula is C17H30N2O4+2. The maximum Gasteiger partial charge on any atom is 0.164 e. The third-order valence-corrected chi connectivity index (χ3v) is 4.29. The van der Waals surface area contributed by atoms with Crippen molar-refractivity contribution in [2.45, 2.75) is 13.0 Å². The molecule has 2 rings (SSSR count). The van der Waals surface area contributed by atoms with Crippen molar-refractivity contribution >= 4 is 0 Å². The summed E-state index contributed by atoms with van der Waals surface area (Å²) < 4.78 is 21.5. The van der Waals surface area contributed by atoms with Crippen molar-refractivity contribution in [1.82, 2.24) is 0 Å². The second-order valence-corrected chi connectivity index (χ2v) is 5.77. The summed E-state index contributed by atoms with van der Waals surface area (Å²) in [5.74, 6) is 2.29. The van der Waals surface area contributed by atoms with Crippen molar-refractivity contribution < 1.29 is 29.2 Å². The number of nitrogens with two attached hydrogens (primary N) is 1. The van der Waals surface area contributed by atoms with Gasteiger partial charge in [-0.05, 0) is 6.07 Å². The van der Waals surface area contributed by atoms with E-state index >= 15 is 0 Å². The molecule has 0 unspecified atom stereocenters. The maximum absolute atomic E-state index is 5.47. The molecule has 1 aliphatic rings. The Morgan fingerprint density at radius 3 is 2.30 bits per heavy atom. The van der Waals surface area contributed by atoms with Crippen LogP contribution >= 0.6 is 0 Å². The number of rotatable bonds is 9. The number of quaternary nitrogens is 2. The molecule has 0 radical (unpaired) electrons. The lowest BCUT2D eigenvalue weighted by Crippen LogP contribution is -3.14. The van der Waals surface area contributed by atoms with E-state index in [0.29, 0.717) is 5.75 Å². The molecule has 0 amide bonds. The van der Waals surface area contributed by atoms with Crippen LogP contribution in [0.2, 0.25) is 0 Å². The first-order valence-electron chi connectivity index (χ1n) is 8.30. The first kappa shape index (κ1) is 17.8. The Labute approximate surface area is 138 Å². The zero-order valence-corrected chi connectivity index (χ0v) is 14.5. The molecule has 1 aromatic carbocycles. The minimum Gasteiger partial charge on any atom is -0.496 e. The summed E-state index contributed by atoms with van der Waals surface area (Å²) in [6, 6.07) is 3.89. The number of nitrogens with one attached hydrogen (secondary N) is 1. The molecule has 0 aliphatic carbocycles. The van der Waals surface area contributed by atoms with Gasteiger partial charge in [0, 0.05) is 12.5 Å². The largest absolute Gasteiger partial charge is 0.496 e. The Balaban J connectivity index is 1.79. The Bertz CT molecular complexity index is 476. The molecule has 0 spiro atoms. The van der Waals surface area contributed by atoms with Gasteiger partial charge in [-0.1, -0.05) is 0 Å². The summed E-state index contributed by atoms with van der Waals surface area (Å²) in [6.45, 7) is 7.31. The van der Waals surface area contributed by atoms with Gasteiger partial charge in [0.2, 0.25) is 0 Å². The Morgan fingerprint density at radius 1 is 1.00 bits per heavy atom. The SMILES string of the molecule is COc1cc(OC)c(OC)cc1C[NH2+]CCC[NH+]1CCOCC1. The highest BCUT2D eigenvalue weighted by atomic mass is 16.5. The summed E-state index contributed by atoms with van der Waals surface area (Å²) in [7, 11) is 4.98. The smallest absolute Gasteiger partial charge is 0.164 e. The molecular weight excluding hydrogens is 296 g/mol. The van der Waals surface area contributed by atoms with Crippen LogP contribution in [0.15, 0.2) is 12.1 Å². The van der Waals surface area contributed by atoms with Crippen molar-refractivity contribution in [1.29, 1.82) is 0 Å². The fraction of sp³-hybridized carbons (Fsp3) is 0.647. The minimum atomic E-state index is 0.698. The monoisotopic (exact) mass is 326 g/mol. The second kappa shape index (κ2) is 9.60. The number of hydrogen-bond acceptors (Lipinski definition) is 4. The van der Waals surface area contributed by atoms with Crippen LogP contribution < -0.4 is 24.4 Å². The number of hydrogen-bond donors (Lipinski definition) is 2. The molecule has 0 atom stereocenters. The van der Waals surface area contributed by atoms with Gasteiger partial charge in [0.25, 0.3) is 0 Å². The topological polar surface area (TPSA) is 58.0 Å². The molecule has 0 bridgehead atoms. The fourth-order valence-corrected chi connectivity index (χ4v) is 2.92. The summed E-state index contributed by atoms with van der Waals surface area (Å²) in [6.07, 6.45) is 1.21. The van der Waals surface area contributed by atoms with E-state index in [4.69, 9.17) is 18.9 Å². The molecule has 3 N–H and O–H groups in total. The first-order chi connectivity index (χ1) is 11.3. The summed E-state index contributed by atoms with van der Waals surface area (Å²) in [5.41, 5.74) is 1.13. The molecule has 1 aliphatic heterocycles. The van der Waals surface area contributed by atoms with Gasteiger partial charge in [-0.3, -0.25) is 0 Å². The highest BCUT2D eigenvalue weighted by Crippen LogP contribution is 2.34. The zero-order chi connectivity index (χ0) is 16.5. The zero-order valence-electron chi connectivity index (χ0n) is 14.5. The number of morpholine rings is 1. The normalized spacial score (nSPS) is 15.4. The Kier molecular flexibility index (Phi) is 7.45. The average molecular weight is 326 g/mol. The third kappa shape index (κ3) is 5.27. The van der Waals surface area contributed by atoms with Crippen LogP contribution in [0, 0.1) is 0 Å². The van der Waals surface area contributed by atoms with Gasteiger partial charge in [-0.2, -0.15) is 0 Å². The Hall–Kier alpha value is -1.50. The fourth-order valence-electron chi connectivity index (χ4n) is 2.92. The average Bonchev–Trinajstić information content (AvgIpc) is 2.61. The highest BCUT2D eigenvalue weighted by Gasteiger charge is 2.14. The molecule has 6 heteroatoms. The van der Waals surface area contributed by atoms with Gasteiger partial charge in [-0.15, -0.1) is 0 Å². The van der Waals surface area contributed by atoms with E-state index < -0.39 is 0 Å². The van der Waals surface area contributed by atoms with Crippen LogP contribution in [0.1, 0.15) is 12.0 Å². The Morgan fingerprint density at radius 2 is 1.65 bits per heavy atom. The highest BCUT2D eigenvalue weighted by molar-refractivity contribution is 5.50. The lowest BCUT2D eigenvalue weighted by atomic mass is 10.1. The molecule has 1 saturated heterocycles. The van der Waals surface area contributed by atoms with Gasteiger partial charge >= 0.3 is 0 Å². The molecule has 23 heavy (non-hydrogen) atoms. The van der Waals surface area contributed by atoms with E-state index in [1.54, 1.807) is 26.2 Å². The predicted octanol–water partition coefficient (Wildman–Crippen LogP) is -0.919. The van der Waals surface area contributed by atoms with Crippen molar-refractivity contribution in [2.24, 2.45) is 0 Å². The quantitative estimate of drug-likeness (QED) is 0.577. The number of methoxy groups -OCH3 is 3. The van der Waals surface area contributed by atoms with Crippen LogP contribution in [0.5, 0.6) is 17.2 Å². The van der Waals surface area contributed by atoms with Crippen LogP contribution in [0.25, 0.3) is 0 Å². The minimum absolute atomic E-state index is 0.698. The van der Waals surface area contributed by atoms with Crippen molar-refractivity contribution in [3.05, 3.63) is 17.7 Å². The van der Waals surface area contributed by atoms with E-state index in [-0.39, 0.29) is 0 Å². The van der Waals surface area contributed by atoms with Crippen molar-refractivity contribution in [3.8, 4) is 17.2 Å². The molecule has 130 valence electrons. The van der Waals surface area contributed by atoms with E-state index in [1.807, 2.05) is 12.1 Å². The summed E-state index contributed by atoms with van der Waals surface area (Å²) >= 11 is 0. The van der Waals surface area contributed by atoms with E-state index in [2.05, 4.69) is 5.32 Å². The lowest BCUT2D eigenvalue weighted by molar-refractivity contribution is -0.909. The summed E-state index contributed by atoms with van der Waals surface area (Å²) in [4.78, 5) is 1.66. The maximum atomic E-state index is 5.47. The van der Waals surface area contributed by atoms with Gasteiger partial charge in [-0.25, -0.2) is 0 Å². The molecule has 0 saturated carbocycles. The molecule has 6 nitrogen and oxygen atoms in total. The third-order valence-electron chi connectivity index (χ3n) is 4.29. The molecule has 1 fully saturated rings. The number of benzene rings is 1. The summed E-state index contributed by atoms with van der Waals surface area (Å²) in [5, 5.41) is 2.32. The lowest BCUT2D eigenvalue weighted by Gasteiger charge is -2.23. The van der Waals surface area contributed by atoms with Crippen molar-refractivity contribution in [2.75, 3.05) is 60.7 Å². The van der Waals surface area contributed by atoms with Crippen LogP contribution in [-0.4, -0.2) is 60.7 Å². The molecule has 1 heterocycles. The molecule has 0 aromatic heterocycles. The van der Waals surface area contributed by atoms with E-state index in [9.17, 15) is 0 Å². The molecule has 1 aromatic rings. The van der Waals surface area contributed by atoms with Crippen LogP contribution in [0.4, 0.5) is 0 Å². The van der Waals surface area contributed by atoms with Crippen molar-refractivity contribution in [3.63, 3.8) is 0 Å². The van der Waals surface area contributed by atoms with Crippen LogP contribution in [-0.2, 0) is 11.3 Å². The van der Waals surface area contributed by atoms with Crippen LogP contribution in [0.3, 0.4) is 0 Å².